The Balaban J connectivity index is 2.10. The minimum atomic E-state index is -3.35. The zero-order chi connectivity index (χ0) is 19.9. The number of aryl methyl sites for hydroxylation is 2. The summed E-state index contributed by atoms with van der Waals surface area (Å²) in [5, 5.41) is 13.7. The largest absolute Gasteiger partial charge is 0.453 e. The molecule has 0 N–H and O–H groups in total. The molecule has 6 nitrogen and oxygen atoms in total. The molecule has 9 heteroatoms. The van der Waals surface area contributed by atoms with Crippen molar-refractivity contribution in [2.24, 2.45) is 0 Å². The van der Waals surface area contributed by atoms with Crippen LogP contribution in [0.1, 0.15) is 51.7 Å². The van der Waals surface area contributed by atoms with Crippen LogP contribution in [0.4, 0.5) is 0 Å². The van der Waals surface area contributed by atoms with Gasteiger partial charge in [-0.2, -0.15) is 10.4 Å². The second-order valence-electron chi connectivity index (χ2n) is 6.87. The Morgan fingerprint density at radius 2 is 1.93 bits per heavy atom. The highest BCUT2D eigenvalue weighted by Gasteiger charge is 2.35. The van der Waals surface area contributed by atoms with Gasteiger partial charge in [-0.1, -0.05) is 23.2 Å². The summed E-state index contributed by atoms with van der Waals surface area (Å²) in [4.78, 5) is -0.998. The van der Waals surface area contributed by atoms with Crippen LogP contribution in [0.15, 0.2) is 12.1 Å². The number of sulfone groups is 1. The Bertz CT molecular complexity index is 1010. The molecule has 3 rings (SSSR count). The number of hydrogen-bond acceptors (Lipinski definition) is 5. The molecule has 1 aromatic carbocycles. The predicted molar refractivity (Wildman–Crippen MR) is 104 cm³/mol. The van der Waals surface area contributed by atoms with Gasteiger partial charge in [0, 0.05) is 12.2 Å². The van der Waals surface area contributed by atoms with E-state index in [-0.39, 0.29) is 11.8 Å². The van der Waals surface area contributed by atoms with Crippen molar-refractivity contribution in [3.63, 3.8) is 0 Å². The number of alkyl halides is 2. The van der Waals surface area contributed by atoms with Gasteiger partial charge < -0.3 is 4.74 Å². The van der Waals surface area contributed by atoms with Gasteiger partial charge in [-0.05, 0) is 49.9 Å². The average Bonchev–Trinajstić information content (AvgIpc) is 3.29. The first-order chi connectivity index (χ1) is 12.6. The number of ether oxygens (including phenoxy) is 1. The summed E-state index contributed by atoms with van der Waals surface area (Å²) in [5.41, 5.74) is 3.17. The number of benzene rings is 1. The molecule has 1 aromatic heterocycles. The molecule has 1 aliphatic carbocycles. The summed E-state index contributed by atoms with van der Waals surface area (Å²) in [6.45, 7) is 3.67. The zero-order valence-corrected chi connectivity index (χ0v) is 17.5. The zero-order valence-electron chi connectivity index (χ0n) is 15.2. The Labute approximate surface area is 168 Å². The van der Waals surface area contributed by atoms with E-state index in [1.807, 2.05) is 13.8 Å². The Morgan fingerprint density at radius 3 is 2.37 bits per heavy atom. The molecule has 0 unspecified atom stereocenters. The Kier molecular flexibility index (Phi) is 5.44. The lowest BCUT2D eigenvalue weighted by Crippen LogP contribution is -2.13. The SMILES string of the molecule is Cc1cc(Oc2c(C3CC3)nn(CS(C)(=O)=O)c2C(Cl)Cl)cc(C)c1C#N. The number of rotatable bonds is 6. The molecule has 0 aliphatic heterocycles. The highest BCUT2D eigenvalue weighted by Crippen LogP contribution is 2.48. The van der Waals surface area contributed by atoms with Crippen molar-refractivity contribution < 1.29 is 13.2 Å². The Hall–Kier alpha value is -1.75. The molecule has 0 atom stereocenters. The quantitative estimate of drug-likeness (QED) is 0.632. The molecular weight excluding hydrogens is 409 g/mol. The molecule has 1 aliphatic rings. The van der Waals surface area contributed by atoms with Crippen molar-refractivity contribution in [3.8, 4) is 17.6 Å². The average molecular weight is 428 g/mol. The van der Waals surface area contributed by atoms with E-state index in [0.717, 1.165) is 30.2 Å². The van der Waals surface area contributed by atoms with E-state index in [4.69, 9.17) is 27.9 Å². The molecule has 0 saturated heterocycles. The topological polar surface area (TPSA) is 85.0 Å². The van der Waals surface area contributed by atoms with Gasteiger partial charge in [0.15, 0.2) is 20.4 Å². The van der Waals surface area contributed by atoms with Gasteiger partial charge in [0.05, 0.1) is 11.6 Å². The fraction of sp³-hybridized carbons (Fsp3) is 0.444. The van der Waals surface area contributed by atoms with E-state index in [1.165, 1.54) is 4.68 Å². The second-order valence-corrected chi connectivity index (χ2v) is 10.1. The molecule has 0 spiro atoms. The molecule has 0 bridgehead atoms. The van der Waals surface area contributed by atoms with Crippen molar-refractivity contribution in [1.29, 1.82) is 5.26 Å². The number of nitriles is 1. The molecule has 2 aromatic rings. The van der Waals surface area contributed by atoms with E-state index < -0.39 is 14.7 Å². The van der Waals surface area contributed by atoms with Crippen LogP contribution in [0.3, 0.4) is 0 Å². The fourth-order valence-corrected chi connectivity index (χ4v) is 4.08. The molecule has 1 saturated carbocycles. The van der Waals surface area contributed by atoms with Crippen LogP contribution in [0.2, 0.25) is 0 Å². The van der Waals surface area contributed by atoms with E-state index in [0.29, 0.717) is 28.5 Å². The third kappa shape index (κ3) is 4.40. The van der Waals surface area contributed by atoms with Crippen LogP contribution in [0, 0.1) is 25.2 Å². The second kappa shape index (κ2) is 7.34. The van der Waals surface area contributed by atoms with Crippen molar-refractivity contribution in [1.82, 2.24) is 9.78 Å². The lowest BCUT2D eigenvalue weighted by molar-refractivity contribution is 0.469. The van der Waals surface area contributed by atoms with E-state index >= 15 is 0 Å². The lowest BCUT2D eigenvalue weighted by Gasteiger charge is -2.13. The minimum Gasteiger partial charge on any atom is -0.453 e. The highest BCUT2D eigenvalue weighted by atomic mass is 35.5. The van der Waals surface area contributed by atoms with Crippen LogP contribution >= 0.6 is 23.2 Å². The molecule has 1 fully saturated rings. The first-order valence-electron chi connectivity index (χ1n) is 8.36. The number of aromatic nitrogens is 2. The van der Waals surface area contributed by atoms with Gasteiger partial charge >= 0.3 is 0 Å². The van der Waals surface area contributed by atoms with Gasteiger partial charge in [-0.15, -0.1) is 0 Å². The summed E-state index contributed by atoms with van der Waals surface area (Å²) in [7, 11) is -3.35. The van der Waals surface area contributed by atoms with Gasteiger partial charge in [0.1, 0.15) is 23.0 Å². The standard InChI is InChI=1S/C18H19Cl2N3O3S/c1-10-6-13(7-11(2)14(10)8-21)26-17-15(12-4-5-12)22-23(9-27(3,24)25)16(17)18(19)20/h6-7,12,18H,4-5,9H2,1-3H3. The van der Waals surface area contributed by atoms with E-state index in [2.05, 4.69) is 11.2 Å². The fourth-order valence-electron chi connectivity index (χ4n) is 3.02. The van der Waals surface area contributed by atoms with E-state index in [9.17, 15) is 13.7 Å². The highest BCUT2D eigenvalue weighted by molar-refractivity contribution is 7.89. The molecule has 144 valence electrons. The predicted octanol–water partition coefficient (Wildman–Crippen LogP) is 4.52. The maximum atomic E-state index is 11.8. The Morgan fingerprint density at radius 1 is 1.33 bits per heavy atom. The summed E-state index contributed by atoms with van der Waals surface area (Å²) in [5.74, 6) is 0.805. The smallest absolute Gasteiger partial charge is 0.174 e. The summed E-state index contributed by atoms with van der Waals surface area (Å²) >= 11 is 12.3. The summed E-state index contributed by atoms with van der Waals surface area (Å²) in [6, 6.07) is 5.70. The summed E-state index contributed by atoms with van der Waals surface area (Å²) in [6.07, 6.45) is 3.03. The summed E-state index contributed by atoms with van der Waals surface area (Å²) < 4.78 is 31.0. The van der Waals surface area contributed by atoms with Crippen LogP contribution in [-0.4, -0.2) is 24.5 Å². The lowest BCUT2D eigenvalue weighted by atomic mass is 10.0. The number of nitrogens with zero attached hydrogens (tertiary/aromatic N) is 3. The van der Waals surface area contributed by atoms with Gasteiger partial charge in [0.25, 0.3) is 0 Å². The molecular formula is C18H19Cl2N3O3S. The van der Waals surface area contributed by atoms with Crippen LogP contribution in [-0.2, 0) is 15.7 Å². The van der Waals surface area contributed by atoms with Crippen molar-refractivity contribution in [3.05, 3.63) is 40.2 Å². The van der Waals surface area contributed by atoms with Crippen LogP contribution < -0.4 is 4.74 Å². The maximum absolute atomic E-state index is 11.8. The van der Waals surface area contributed by atoms with Crippen molar-refractivity contribution in [2.75, 3.05) is 6.26 Å². The van der Waals surface area contributed by atoms with Gasteiger partial charge in [-0.25, -0.2) is 13.1 Å². The van der Waals surface area contributed by atoms with Crippen LogP contribution in [0.25, 0.3) is 0 Å². The monoisotopic (exact) mass is 427 g/mol. The molecule has 0 radical (unpaired) electrons. The molecule has 27 heavy (non-hydrogen) atoms. The van der Waals surface area contributed by atoms with Gasteiger partial charge in [-0.3, -0.25) is 0 Å². The number of halogens is 2. The van der Waals surface area contributed by atoms with Crippen molar-refractivity contribution >= 4 is 33.0 Å². The first-order valence-corrected chi connectivity index (χ1v) is 11.3. The third-order valence-electron chi connectivity index (χ3n) is 4.34. The maximum Gasteiger partial charge on any atom is 0.174 e. The molecule has 0 amide bonds. The van der Waals surface area contributed by atoms with Crippen molar-refractivity contribution in [2.45, 2.75) is 43.3 Å². The minimum absolute atomic E-state index is 0.201. The van der Waals surface area contributed by atoms with Gasteiger partial charge in [0.2, 0.25) is 0 Å². The third-order valence-corrected chi connectivity index (χ3v) is 5.46. The first kappa shape index (κ1) is 20.0. The van der Waals surface area contributed by atoms with E-state index in [1.54, 1.807) is 12.1 Å². The molecule has 1 heterocycles. The normalized spacial score (nSPS) is 14.4. The van der Waals surface area contributed by atoms with Crippen LogP contribution in [0.5, 0.6) is 11.5 Å². The number of hydrogen-bond donors (Lipinski definition) is 0.